The third-order valence-corrected chi connectivity index (χ3v) is 7.29. The quantitative estimate of drug-likeness (QED) is 0.530. The van der Waals surface area contributed by atoms with Crippen molar-refractivity contribution < 1.29 is 9.90 Å². The molecular weight excluding hydrogens is 332 g/mol. The van der Waals surface area contributed by atoms with Gasteiger partial charge in [-0.3, -0.25) is 4.79 Å². The maximum absolute atomic E-state index is 12.3. The van der Waals surface area contributed by atoms with Gasteiger partial charge in [-0.2, -0.15) is 0 Å². The minimum Gasteiger partial charge on any atom is -0.508 e. The molecule has 0 aromatic heterocycles. The first-order valence-corrected chi connectivity index (χ1v) is 11.3. The van der Waals surface area contributed by atoms with Crippen LogP contribution >= 0.6 is 0 Å². The fourth-order valence-corrected chi connectivity index (χ4v) is 5.55. The van der Waals surface area contributed by atoms with Gasteiger partial charge in [0.05, 0.1) is 0 Å². The minimum absolute atomic E-state index is 0.0828. The van der Waals surface area contributed by atoms with Gasteiger partial charge in [-0.05, 0) is 59.6 Å². The van der Waals surface area contributed by atoms with Crippen LogP contribution in [-0.4, -0.2) is 10.9 Å². The third-order valence-electron chi connectivity index (χ3n) is 7.29. The van der Waals surface area contributed by atoms with Crippen LogP contribution in [0.1, 0.15) is 108 Å². The van der Waals surface area contributed by atoms with Crippen molar-refractivity contribution in [1.82, 2.24) is 0 Å². The van der Waals surface area contributed by atoms with E-state index in [9.17, 15) is 9.90 Å². The lowest BCUT2D eigenvalue weighted by atomic mass is 9.63. The number of phenols is 1. The summed E-state index contributed by atoms with van der Waals surface area (Å²) in [5.41, 5.74) is 2.33. The molecule has 150 valence electrons. The fourth-order valence-electron chi connectivity index (χ4n) is 5.55. The lowest BCUT2D eigenvalue weighted by Gasteiger charge is -2.41. The molecule has 2 heteroatoms. The summed E-state index contributed by atoms with van der Waals surface area (Å²) < 4.78 is 0. The van der Waals surface area contributed by atoms with Gasteiger partial charge in [-0.1, -0.05) is 71.4 Å². The number of carbonyl (C=O) groups is 1. The monoisotopic (exact) mass is 370 g/mol. The van der Waals surface area contributed by atoms with Gasteiger partial charge in [0.25, 0.3) is 0 Å². The highest BCUT2D eigenvalue weighted by Crippen LogP contribution is 2.49. The Kier molecular flexibility index (Phi) is 6.65. The molecule has 2 aliphatic carbocycles. The van der Waals surface area contributed by atoms with E-state index in [1.807, 2.05) is 6.07 Å². The van der Waals surface area contributed by atoms with Crippen LogP contribution in [0.5, 0.6) is 5.75 Å². The third kappa shape index (κ3) is 4.76. The Morgan fingerprint density at radius 1 is 1.07 bits per heavy atom. The molecule has 2 aliphatic rings. The topological polar surface area (TPSA) is 37.3 Å². The highest BCUT2D eigenvalue weighted by Gasteiger charge is 2.40. The number of unbranched alkanes of at least 4 members (excludes halogenated alkanes) is 3. The van der Waals surface area contributed by atoms with E-state index in [2.05, 4.69) is 32.9 Å². The Labute approximate surface area is 165 Å². The Balaban J connectivity index is 1.76. The summed E-state index contributed by atoms with van der Waals surface area (Å²) in [6.07, 6.45) is 12.6. The minimum atomic E-state index is 0.0828. The number of hydrogen-bond donors (Lipinski definition) is 1. The predicted molar refractivity (Wildman–Crippen MR) is 112 cm³/mol. The number of phenolic OH excluding ortho intramolecular Hbond substituents is 1. The van der Waals surface area contributed by atoms with Crippen LogP contribution in [-0.2, 0) is 10.2 Å². The number of fused-ring (bicyclic) bond motifs is 1. The summed E-state index contributed by atoms with van der Waals surface area (Å²) in [7, 11) is 0. The Morgan fingerprint density at radius 2 is 1.85 bits per heavy atom. The smallest absolute Gasteiger partial charge is 0.133 e. The van der Waals surface area contributed by atoms with Crippen molar-refractivity contribution in [3.63, 3.8) is 0 Å². The van der Waals surface area contributed by atoms with Crippen molar-refractivity contribution >= 4 is 5.78 Å². The summed E-state index contributed by atoms with van der Waals surface area (Å²) in [6, 6.07) is 6.34. The van der Waals surface area contributed by atoms with Crippen molar-refractivity contribution in [3.05, 3.63) is 29.3 Å². The number of hydrogen-bond acceptors (Lipinski definition) is 2. The number of aromatic hydroxyl groups is 1. The molecule has 0 amide bonds. The molecule has 0 spiro atoms. The van der Waals surface area contributed by atoms with Crippen LogP contribution in [0, 0.1) is 11.8 Å². The van der Waals surface area contributed by atoms with Crippen molar-refractivity contribution in [2.75, 3.05) is 0 Å². The van der Waals surface area contributed by atoms with Gasteiger partial charge >= 0.3 is 0 Å². The first-order valence-electron chi connectivity index (χ1n) is 11.3. The van der Waals surface area contributed by atoms with Crippen molar-refractivity contribution in [2.45, 2.75) is 103 Å². The van der Waals surface area contributed by atoms with Crippen molar-refractivity contribution in [3.8, 4) is 5.75 Å². The lowest BCUT2D eigenvalue weighted by molar-refractivity contribution is -0.124. The van der Waals surface area contributed by atoms with Crippen LogP contribution in [0.4, 0.5) is 0 Å². The molecule has 0 saturated heterocycles. The zero-order chi connectivity index (χ0) is 19.4. The van der Waals surface area contributed by atoms with E-state index in [1.165, 1.54) is 56.9 Å². The van der Waals surface area contributed by atoms with E-state index in [4.69, 9.17) is 0 Å². The molecule has 2 saturated carbocycles. The molecule has 0 aliphatic heterocycles. The van der Waals surface area contributed by atoms with Crippen LogP contribution in [0.2, 0.25) is 0 Å². The van der Waals surface area contributed by atoms with E-state index in [0.717, 1.165) is 18.4 Å². The maximum atomic E-state index is 12.3. The Bertz CT molecular complexity index is 646. The second-order valence-electron chi connectivity index (χ2n) is 9.73. The van der Waals surface area contributed by atoms with Gasteiger partial charge in [-0.25, -0.2) is 0 Å². The molecule has 2 fully saturated rings. The van der Waals surface area contributed by atoms with Gasteiger partial charge < -0.3 is 5.11 Å². The molecule has 1 aromatic carbocycles. The van der Waals surface area contributed by atoms with Crippen LogP contribution in [0.3, 0.4) is 0 Å². The summed E-state index contributed by atoms with van der Waals surface area (Å²) in [6.45, 7) is 6.82. The first-order chi connectivity index (χ1) is 12.9. The van der Waals surface area contributed by atoms with Crippen LogP contribution in [0.15, 0.2) is 18.2 Å². The Morgan fingerprint density at radius 3 is 2.59 bits per heavy atom. The molecule has 0 radical (unpaired) electrons. The SMILES string of the molecule is CCCCCCC(C)(C)c1ccc(C2CC(=O)CC3CCCCC32)c(O)c1. The van der Waals surface area contributed by atoms with Crippen LogP contribution in [0.25, 0.3) is 0 Å². The van der Waals surface area contributed by atoms with E-state index in [1.54, 1.807) is 0 Å². The van der Waals surface area contributed by atoms with Gasteiger partial charge in [0.1, 0.15) is 11.5 Å². The number of rotatable bonds is 7. The van der Waals surface area contributed by atoms with Crippen LogP contribution < -0.4 is 0 Å². The zero-order valence-corrected chi connectivity index (χ0v) is 17.6. The fraction of sp³-hybridized carbons (Fsp3) is 0.720. The second-order valence-corrected chi connectivity index (χ2v) is 9.73. The highest BCUT2D eigenvalue weighted by molar-refractivity contribution is 5.81. The highest BCUT2D eigenvalue weighted by atomic mass is 16.3. The number of Topliss-reactive ketones (excluding diaryl/α,β-unsaturated/α-hetero) is 1. The maximum Gasteiger partial charge on any atom is 0.133 e. The summed E-state index contributed by atoms with van der Waals surface area (Å²) in [5.74, 6) is 2.15. The van der Waals surface area contributed by atoms with E-state index >= 15 is 0 Å². The van der Waals surface area contributed by atoms with Gasteiger partial charge in [0, 0.05) is 12.8 Å². The van der Waals surface area contributed by atoms with Crippen molar-refractivity contribution in [1.29, 1.82) is 0 Å². The van der Waals surface area contributed by atoms with Gasteiger partial charge in [0.2, 0.25) is 0 Å². The number of ketones is 1. The van der Waals surface area contributed by atoms with Gasteiger partial charge in [0.15, 0.2) is 0 Å². The normalized spacial score (nSPS) is 26.0. The zero-order valence-electron chi connectivity index (χ0n) is 17.6. The van der Waals surface area contributed by atoms with E-state index in [-0.39, 0.29) is 11.3 Å². The predicted octanol–water partition coefficient (Wildman–Crippen LogP) is 6.89. The van der Waals surface area contributed by atoms with Gasteiger partial charge in [-0.15, -0.1) is 0 Å². The number of benzene rings is 1. The molecular formula is C25H38O2. The molecule has 3 atom stereocenters. The standard InChI is InChI=1S/C25H38O2/c1-4-5-6-9-14-25(2,3)19-12-13-22(24(27)16-19)23-17-20(26)15-18-10-7-8-11-21(18)23/h12-13,16,18,21,23,27H,4-11,14-15,17H2,1-3H3. The van der Waals surface area contributed by atoms with Crippen molar-refractivity contribution in [2.24, 2.45) is 11.8 Å². The molecule has 27 heavy (non-hydrogen) atoms. The molecule has 1 N–H and O–H groups in total. The summed E-state index contributed by atoms with van der Waals surface area (Å²) >= 11 is 0. The largest absolute Gasteiger partial charge is 0.508 e. The first kappa shape index (κ1) is 20.4. The number of carbonyl (C=O) groups excluding carboxylic acids is 1. The average Bonchev–Trinajstić information content (AvgIpc) is 2.64. The second kappa shape index (κ2) is 8.80. The summed E-state index contributed by atoms with van der Waals surface area (Å²) in [4.78, 5) is 12.3. The molecule has 3 unspecified atom stereocenters. The molecule has 0 bridgehead atoms. The van der Waals surface area contributed by atoms with E-state index in [0.29, 0.717) is 29.8 Å². The van der Waals surface area contributed by atoms with E-state index < -0.39 is 0 Å². The molecule has 1 aromatic rings. The Hall–Kier alpha value is -1.31. The summed E-state index contributed by atoms with van der Waals surface area (Å²) in [5, 5.41) is 10.9. The lowest BCUT2D eigenvalue weighted by Crippen LogP contribution is -2.34. The molecule has 0 heterocycles. The average molecular weight is 371 g/mol. The molecule has 3 rings (SSSR count). The molecule has 2 nitrogen and oxygen atoms in total.